The van der Waals surface area contributed by atoms with E-state index in [4.69, 9.17) is 4.98 Å². The molecule has 1 aliphatic heterocycles. The van der Waals surface area contributed by atoms with Gasteiger partial charge in [-0.1, -0.05) is 0 Å². The summed E-state index contributed by atoms with van der Waals surface area (Å²) in [7, 11) is 0. The lowest BCUT2D eigenvalue weighted by Crippen LogP contribution is -2.30. The second-order valence-electron chi connectivity index (χ2n) is 7.62. The minimum absolute atomic E-state index is 0.796. The molecular formula is C22H20N8. The van der Waals surface area contributed by atoms with Crippen molar-refractivity contribution >= 4 is 27.8 Å². The van der Waals surface area contributed by atoms with Gasteiger partial charge in [0.25, 0.3) is 0 Å². The maximum Gasteiger partial charge on any atom is 0.137 e. The third kappa shape index (κ3) is 2.80. The van der Waals surface area contributed by atoms with E-state index in [1.165, 1.54) is 25.6 Å². The van der Waals surface area contributed by atoms with Crippen LogP contribution >= 0.6 is 0 Å². The first-order chi connectivity index (χ1) is 14.9. The van der Waals surface area contributed by atoms with Gasteiger partial charge < -0.3 is 9.88 Å². The second kappa shape index (κ2) is 6.91. The Kier molecular flexibility index (Phi) is 3.93. The Labute approximate surface area is 172 Å². The first-order valence-corrected chi connectivity index (χ1v) is 10.2. The van der Waals surface area contributed by atoms with E-state index in [-0.39, 0.29) is 0 Å². The minimum Gasteiger partial charge on any atom is -0.356 e. The molecule has 30 heavy (non-hydrogen) atoms. The number of fused-ring (bicyclic) bond motifs is 2. The Bertz CT molecular complexity index is 1330. The average Bonchev–Trinajstić information content (AvgIpc) is 3.43. The molecule has 1 fully saturated rings. The van der Waals surface area contributed by atoms with E-state index in [1.807, 2.05) is 24.4 Å². The Morgan fingerprint density at radius 3 is 2.67 bits per heavy atom. The van der Waals surface area contributed by atoms with Crippen molar-refractivity contribution in [2.75, 3.05) is 18.0 Å². The van der Waals surface area contributed by atoms with Crippen molar-refractivity contribution in [3.8, 4) is 22.6 Å². The number of H-pyrrole nitrogens is 2. The van der Waals surface area contributed by atoms with Crippen molar-refractivity contribution in [3.63, 3.8) is 0 Å². The van der Waals surface area contributed by atoms with E-state index < -0.39 is 0 Å². The van der Waals surface area contributed by atoms with Crippen LogP contribution in [0.1, 0.15) is 19.3 Å². The molecule has 0 radical (unpaired) electrons. The molecule has 8 nitrogen and oxygen atoms in total. The van der Waals surface area contributed by atoms with Crippen LogP contribution in [0.2, 0.25) is 0 Å². The van der Waals surface area contributed by atoms with Crippen LogP contribution in [-0.2, 0) is 0 Å². The third-order valence-corrected chi connectivity index (χ3v) is 5.70. The third-order valence-electron chi connectivity index (χ3n) is 5.70. The van der Waals surface area contributed by atoms with Crippen LogP contribution < -0.4 is 4.90 Å². The van der Waals surface area contributed by atoms with E-state index in [0.29, 0.717) is 0 Å². The zero-order chi connectivity index (χ0) is 19.9. The number of hydrogen-bond donors (Lipinski definition) is 2. The lowest BCUT2D eigenvalue weighted by atomic mass is 10.1. The highest BCUT2D eigenvalue weighted by atomic mass is 15.2. The fourth-order valence-corrected chi connectivity index (χ4v) is 4.20. The molecule has 0 amide bonds. The van der Waals surface area contributed by atoms with Crippen LogP contribution in [0, 0.1) is 0 Å². The summed E-state index contributed by atoms with van der Waals surface area (Å²) in [6.07, 6.45) is 10.7. The van der Waals surface area contributed by atoms with Gasteiger partial charge in [0.2, 0.25) is 0 Å². The zero-order valence-electron chi connectivity index (χ0n) is 16.3. The first-order valence-electron chi connectivity index (χ1n) is 10.2. The molecule has 0 spiro atoms. The topological polar surface area (TPSA) is 99.3 Å². The van der Waals surface area contributed by atoms with E-state index in [1.54, 1.807) is 12.4 Å². The SMILES string of the molecule is c1ncc(-c2ccc3[nH]nc(-c4cc5c(N6CCCCC6)nccc5[nH]4)c3n2)cn1. The van der Waals surface area contributed by atoms with Gasteiger partial charge in [0.05, 0.1) is 22.4 Å². The molecule has 6 heterocycles. The van der Waals surface area contributed by atoms with E-state index in [2.05, 4.69) is 41.1 Å². The summed E-state index contributed by atoms with van der Waals surface area (Å²) in [5.74, 6) is 1.05. The van der Waals surface area contributed by atoms with E-state index >= 15 is 0 Å². The van der Waals surface area contributed by atoms with Gasteiger partial charge in [-0.15, -0.1) is 0 Å². The van der Waals surface area contributed by atoms with E-state index in [0.717, 1.165) is 63.5 Å². The summed E-state index contributed by atoms with van der Waals surface area (Å²) in [6, 6.07) is 8.10. The molecule has 5 aromatic heterocycles. The molecule has 0 bridgehead atoms. The van der Waals surface area contributed by atoms with Crippen LogP contribution in [0.25, 0.3) is 44.6 Å². The quantitative estimate of drug-likeness (QED) is 0.479. The number of piperidine rings is 1. The van der Waals surface area contributed by atoms with Gasteiger partial charge in [-0.25, -0.2) is 19.9 Å². The average molecular weight is 396 g/mol. The molecule has 1 saturated heterocycles. The first kappa shape index (κ1) is 17.1. The monoisotopic (exact) mass is 396 g/mol. The number of nitrogens with zero attached hydrogens (tertiary/aromatic N) is 6. The van der Waals surface area contributed by atoms with Crippen LogP contribution in [0.15, 0.2) is 49.2 Å². The normalized spacial score (nSPS) is 14.6. The van der Waals surface area contributed by atoms with Gasteiger partial charge in [0.15, 0.2) is 0 Å². The molecule has 148 valence electrons. The number of rotatable bonds is 3. The second-order valence-corrected chi connectivity index (χ2v) is 7.62. The number of anilines is 1. The number of pyridine rings is 2. The molecule has 0 aliphatic carbocycles. The molecule has 1 aliphatic rings. The Morgan fingerprint density at radius 1 is 0.933 bits per heavy atom. The lowest BCUT2D eigenvalue weighted by molar-refractivity contribution is 0.575. The fraction of sp³-hybridized carbons (Fsp3) is 0.227. The predicted molar refractivity (Wildman–Crippen MR) is 116 cm³/mol. The molecule has 0 saturated carbocycles. The Balaban J connectivity index is 1.47. The smallest absolute Gasteiger partial charge is 0.137 e. The van der Waals surface area contributed by atoms with Crippen molar-refractivity contribution in [2.24, 2.45) is 0 Å². The van der Waals surface area contributed by atoms with Gasteiger partial charge in [-0.2, -0.15) is 5.10 Å². The minimum atomic E-state index is 0.796. The molecular weight excluding hydrogens is 376 g/mol. The molecule has 8 heteroatoms. The fourth-order valence-electron chi connectivity index (χ4n) is 4.20. The highest BCUT2D eigenvalue weighted by Crippen LogP contribution is 2.33. The van der Waals surface area contributed by atoms with Crippen LogP contribution in [0.4, 0.5) is 5.82 Å². The summed E-state index contributed by atoms with van der Waals surface area (Å²) in [5, 5.41) is 8.77. The lowest BCUT2D eigenvalue weighted by Gasteiger charge is -2.28. The molecule has 5 aromatic rings. The molecule has 0 aromatic carbocycles. The Morgan fingerprint density at radius 2 is 1.80 bits per heavy atom. The highest BCUT2D eigenvalue weighted by molar-refractivity contribution is 5.98. The number of nitrogens with one attached hydrogen (secondary N) is 2. The maximum atomic E-state index is 4.84. The van der Waals surface area contributed by atoms with Crippen LogP contribution in [0.3, 0.4) is 0 Å². The summed E-state index contributed by atoms with van der Waals surface area (Å²) >= 11 is 0. The van der Waals surface area contributed by atoms with Gasteiger partial charge in [-0.3, -0.25) is 5.10 Å². The van der Waals surface area contributed by atoms with Crippen molar-refractivity contribution in [2.45, 2.75) is 19.3 Å². The summed E-state index contributed by atoms with van der Waals surface area (Å²) in [6.45, 7) is 2.12. The molecule has 2 N–H and O–H groups in total. The van der Waals surface area contributed by atoms with Gasteiger partial charge in [0.1, 0.15) is 23.4 Å². The van der Waals surface area contributed by atoms with Crippen LogP contribution in [0.5, 0.6) is 0 Å². The molecule has 6 rings (SSSR count). The molecule has 0 atom stereocenters. The highest BCUT2D eigenvalue weighted by Gasteiger charge is 2.19. The van der Waals surface area contributed by atoms with Gasteiger partial charge in [-0.05, 0) is 43.5 Å². The predicted octanol–water partition coefficient (Wildman–Crippen LogP) is 3.95. The number of hydrogen-bond acceptors (Lipinski definition) is 6. The standard InChI is InChI=1S/C22H20N8/c1-2-8-30(9-3-1)22-15-10-19(26-17(15)6-7-25-22)21-20-18(28-29-21)5-4-16(27-20)14-11-23-13-24-12-14/h4-7,10-13,26H,1-3,8-9H2,(H,28,29). The Hall–Kier alpha value is -3.81. The summed E-state index contributed by atoms with van der Waals surface area (Å²) < 4.78 is 0. The maximum absolute atomic E-state index is 4.84. The zero-order valence-corrected chi connectivity index (χ0v) is 16.3. The summed E-state index contributed by atoms with van der Waals surface area (Å²) in [5.41, 5.74) is 6.18. The van der Waals surface area contributed by atoms with Crippen molar-refractivity contribution < 1.29 is 0 Å². The summed E-state index contributed by atoms with van der Waals surface area (Å²) in [4.78, 5) is 23.6. The van der Waals surface area contributed by atoms with Crippen molar-refractivity contribution in [3.05, 3.63) is 49.2 Å². The van der Waals surface area contributed by atoms with E-state index in [9.17, 15) is 0 Å². The van der Waals surface area contributed by atoms with Crippen molar-refractivity contribution in [1.29, 1.82) is 0 Å². The van der Waals surface area contributed by atoms with Crippen LogP contribution in [-0.4, -0.2) is 48.2 Å². The van der Waals surface area contributed by atoms with Gasteiger partial charge in [0, 0.05) is 42.6 Å². The largest absolute Gasteiger partial charge is 0.356 e. The number of aromatic nitrogens is 7. The van der Waals surface area contributed by atoms with Gasteiger partial charge >= 0.3 is 0 Å². The number of aromatic amines is 2. The van der Waals surface area contributed by atoms with Crippen molar-refractivity contribution in [1.82, 2.24) is 35.1 Å². The molecule has 0 unspecified atom stereocenters.